The van der Waals surface area contributed by atoms with E-state index in [1.807, 2.05) is 12.1 Å². The van der Waals surface area contributed by atoms with Gasteiger partial charge in [0, 0.05) is 31.6 Å². The molecule has 2 N–H and O–H groups in total. The van der Waals surface area contributed by atoms with E-state index in [4.69, 9.17) is 10.5 Å². The van der Waals surface area contributed by atoms with Crippen LogP contribution < -0.4 is 10.6 Å². The highest BCUT2D eigenvalue weighted by atomic mass is 16.5. The minimum Gasteiger partial charge on any atom is -0.398 e. The summed E-state index contributed by atoms with van der Waals surface area (Å²) in [6.07, 6.45) is 0.939. The van der Waals surface area contributed by atoms with Crippen LogP contribution >= 0.6 is 0 Å². The van der Waals surface area contributed by atoms with E-state index in [0.717, 1.165) is 31.8 Å². The zero-order valence-electron chi connectivity index (χ0n) is 11.8. The number of fused-ring (bicyclic) bond motifs is 1. The SMILES string of the molecule is COCCc1ccccc1N1Cc2cccc(N)c2C1. The molecule has 3 rings (SSSR count). The smallest absolute Gasteiger partial charge is 0.0503 e. The molecule has 0 aliphatic carbocycles. The molecule has 0 saturated heterocycles. The number of para-hydroxylation sites is 1. The Hall–Kier alpha value is -2.00. The average Bonchev–Trinajstić information content (AvgIpc) is 2.91. The van der Waals surface area contributed by atoms with E-state index in [-0.39, 0.29) is 0 Å². The van der Waals surface area contributed by atoms with Crippen LogP contribution in [0.5, 0.6) is 0 Å². The van der Waals surface area contributed by atoms with E-state index in [2.05, 4.69) is 35.2 Å². The average molecular weight is 268 g/mol. The number of nitrogen functional groups attached to an aromatic ring is 1. The van der Waals surface area contributed by atoms with E-state index in [1.54, 1.807) is 7.11 Å². The van der Waals surface area contributed by atoms with Gasteiger partial charge in [-0.1, -0.05) is 30.3 Å². The summed E-state index contributed by atoms with van der Waals surface area (Å²) in [5.74, 6) is 0. The second-order valence-corrected chi connectivity index (χ2v) is 5.21. The Morgan fingerprint density at radius 3 is 2.75 bits per heavy atom. The van der Waals surface area contributed by atoms with Crippen molar-refractivity contribution in [2.45, 2.75) is 19.5 Å². The van der Waals surface area contributed by atoms with Crippen molar-refractivity contribution < 1.29 is 4.74 Å². The molecule has 0 saturated carbocycles. The van der Waals surface area contributed by atoms with E-state index in [9.17, 15) is 0 Å². The number of nitrogens with two attached hydrogens (primary N) is 1. The number of hydrogen-bond acceptors (Lipinski definition) is 3. The largest absolute Gasteiger partial charge is 0.398 e. The van der Waals surface area contributed by atoms with Gasteiger partial charge in [0.05, 0.1) is 6.61 Å². The molecule has 2 aromatic carbocycles. The van der Waals surface area contributed by atoms with E-state index in [0.29, 0.717) is 0 Å². The fraction of sp³-hybridized carbons (Fsp3) is 0.294. The van der Waals surface area contributed by atoms with Crippen LogP contribution in [-0.4, -0.2) is 13.7 Å². The van der Waals surface area contributed by atoms with Crippen molar-refractivity contribution >= 4 is 11.4 Å². The molecule has 0 fully saturated rings. The van der Waals surface area contributed by atoms with Gasteiger partial charge < -0.3 is 15.4 Å². The zero-order valence-corrected chi connectivity index (χ0v) is 11.8. The van der Waals surface area contributed by atoms with Crippen molar-refractivity contribution in [3.05, 3.63) is 59.2 Å². The molecule has 0 aromatic heterocycles. The van der Waals surface area contributed by atoms with Crippen LogP contribution in [0.4, 0.5) is 11.4 Å². The van der Waals surface area contributed by atoms with Crippen molar-refractivity contribution in [1.29, 1.82) is 0 Å². The van der Waals surface area contributed by atoms with Crippen LogP contribution in [0.15, 0.2) is 42.5 Å². The van der Waals surface area contributed by atoms with Crippen molar-refractivity contribution in [3.8, 4) is 0 Å². The molecule has 1 aliphatic rings. The number of anilines is 2. The summed E-state index contributed by atoms with van der Waals surface area (Å²) >= 11 is 0. The van der Waals surface area contributed by atoms with Gasteiger partial charge >= 0.3 is 0 Å². The van der Waals surface area contributed by atoms with Crippen LogP contribution in [0.1, 0.15) is 16.7 Å². The van der Waals surface area contributed by atoms with Gasteiger partial charge in [-0.25, -0.2) is 0 Å². The Balaban J connectivity index is 1.87. The van der Waals surface area contributed by atoms with E-state index < -0.39 is 0 Å². The second kappa shape index (κ2) is 5.55. The maximum Gasteiger partial charge on any atom is 0.0503 e. The molecule has 20 heavy (non-hydrogen) atoms. The normalized spacial score (nSPS) is 13.6. The number of nitrogens with zero attached hydrogens (tertiary/aromatic N) is 1. The lowest BCUT2D eigenvalue weighted by molar-refractivity contribution is 0.202. The highest BCUT2D eigenvalue weighted by Gasteiger charge is 2.22. The minimum absolute atomic E-state index is 0.750. The summed E-state index contributed by atoms with van der Waals surface area (Å²) in [5.41, 5.74) is 12.2. The molecule has 3 heteroatoms. The number of ether oxygens (including phenoxy) is 1. The Bertz CT molecular complexity index is 610. The first kappa shape index (κ1) is 13.0. The summed E-state index contributed by atoms with van der Waals surface area (Å²) in [6.45, 7) is 2.58. The van der Waals surface area contributed by atoms with Crippen molar-refractivity contribution in [1.82, 2.24) is 0 Å². The molecule has 1 heterocycles. The Kier molecular flexibility index (Phi) is 3.61. The predicted octanol–water partition coefficient (Wildman–Crippen LogP) is 2.98. The standard InChI is InChI=1S/C17H20N2O/c1-20-10-9-13-5-2-3-8-17(13)19-11-14-6-4-7-16(18)15(14)12-19/h2-8H,9-12,18H2,1H3. The zero-order chi connectivity index (χ0) is 13.9. The fourth-order valence-corrected chi connectivity index (χ4v) is 2.86. The fourth-order valence-electron chi connectivity index (χ4n) is 2.86. The number of benzene rings is 2. The molecule has 0 amide bonds. The van der Waals surface area contributed by atoms with Gasteiger partial charge in [-0.2, -0.15) is 0 Å². The van der Waals surface area contributed by atoms with Crippen molar-refractivity contribution in [2.24, 2.45) is 0 Å². The molecule has 3 nitrogen and oxygen atoms in total. The van der Waals surface area contributed by atoms with Crippen LogP contribution in [0.3, 0.4) is 0 Å². The van der Waals surface area contributed by atoms with Gasteiger partial charge in [-0.15, -0.1) is 0 Å². The third-order valence-corrected chi connectivity index (χ3v) is 3.93. The maximum absolute atomic E-state index is 6.08. The highest BCUT2D eigenvalue weighted by Crippen LogP contribution is 2.33. The maximum atomic E-state index is 6.08. The first-order valence-corrected chi connectivity index (χ1v) is 6.97. The van der Waals surface area contributed by atoms with Crippen LogP contribution in [0.25, 0.3) is 0 Å². The number of rotatable bonds is 4. The van der Waals surface area contributed by atoms with Gasteiger partial charge in [-0.3, -0.25) is 0 Å². The molecular weight excluding hydrogens is 248 g/mol. The predicted molar refractivity (Wildman–Crippen MR) is 82.8 cm³/mol. The Morgan fingerprint density at radius 1 is 1.10 bits per heavy atom. The van der Waals surface area contributed by atoms with Gasteiger partial charge in [-0.05, 0) is 35.2 Å². The van der Waals surface area contributed by atoms with Crippen LogP contribution in [0, 0.1) is 0 Å². The van der Waals surface area contributed by atoms with E-state index >= 15 is 0 Å². The molecule has 0 radical (unpaired) electrons. The second-order valence-electron chi connectivity index (χ2n) is 5.21. The summed E-state index contributed by atoms with van der Waals surface area (Å²) in [7, 11) is 1.75. The molecule has 2 aromatic rings. The Labute approximate surface area is 120 Å². The third-order valence-electron chi connectivity index (χ3n) is 3.93. The summed E-state index contributed by atoms with van der Waals surface area (Å²) in [5, 5.41) is 0. The third kappa shape index (κ3) is 2.37. The lowest BCUT2D eigenvalue weighted by atomic mass is 10.1. The lowest BCUT2D eigenvalue weighted by Crippen LogP contribution is -2.17. The quantitative estimate of drug-likeness (QED) is 0.866. The minimum atomic E-state index is 0.750. The molecule has 1 aliphatic heterocycles. The van der Waals surface area contributed by atoms with E-state index in [1.165, 1.54) is 22.4 Å². The first-order valence-electron chi connectivity index (χ1n) is 6.97. The molecule has 0 atom stereocenters. The van der Waals surface area contributed by atoms with Gasteiger partial charge in [0.2, 0.25) is 0 Å². The monoisotopic (exact) mass is 268 g/mol. The van der Waals surface area contributed by atoms with Crippen LogP contribution in [-0.2, 0) is 24.2 Å². The van der Waals surface area contributed by atoms with Gasteiger partial charge in [0.25, 0.3) is 0 Å². The van der Waals surface area contributed by atoms with Crippen molar-refractivity contribution in [2.75, 3.05) is 24.4 Å². The van der Waals surface area contributed by atoms with Gasteiger partial charge in [0.15, 0.2) is 0 Å². The molecule has 0 bridgehead atoms. The van der Waals surface area contributed by atoms with Crippen LogP contribution in [0.2, 0.25) is 0 Å². The molecule has 0 spiro atoms. The highest BCUT2D eigenvalue weighted by molar-refractivity contribution is 5.62. The molecule has 104 valence electrons. The summed E-state index contributed by atoms with van der Waals surface area (Å²) in [6, 6.07) is 14.7. The molecular formula is C17H20N2O. The van der Waals surface area contributed by atoms with Crippen molar-refractivity contribution in [3.63, 3.8) is 0 Å². The first-order chi connectivity index (χ1) is 9.79. The lowest BCUT2D eigenvalue weighted by Gasteiger charge is -2.21. The Morgan fingerprint density at radius 2 is 1.95 bits per heavy atom. The topological polar surface area (TPSA) is 38.5 Å². The number of hydrogen-bond donors (Lipinski definition) is 1. The summed E-state index contributed by atoms with van der Waals surface area (Å²) < 4.78 is 5.21. The van der Waals surface area contributed by atoms with Gasteiger partial charge in [0.1, 0.15) is 0 Å². The molecule has 0 unspecified atom stereocenters. The number of methoxy groups -OCH3 is 1. The summed E-state index contributed by atoms with van der Waals surface area (Å²) in [4.78, 5) is 2.39.